The van der Waals surface area contributed by atoms with Gasteiger partial charge in [0.2, 0.25) is 8.77 Å². The standard InChI is InChI=1S/2C3H6OS2.2K/c2*1-2-4-3(5)6;;/h2*2H2,1H3,(H,5,6);;. The molecule has 0 spiro atoms. The van der Waals surface area contributed by atoms with Crippen molar-refractivity contribution in [3.63, 3.8) is 0 Å². The Morgan fingerprint density at radius 1 is 0.929 bits per heavy atom. The summed E-state index contributed by atoms with van der Waals surface area (Å²) >= 11 is 16.2. The van der Waals surface area contributed by atoms with Gasteiger partial charge >= 0.3 is 0 Å². The third-order valence-electron chi connectivity index (χ3n) is 0.536. The van der Waals surface area contributed by atoms with Crippen LogP contribution in [0.25, 0.3) is 0 Å². The predicted octanol–water partition coefficient (Wildman–Crippen LogP) is 1.71. The maximum atomic E-state index is 4.64. The van der Waals surface area contributed by atoms with Crippen LogP contribution in [0.15, 0.2) is 0 Å². The SMILES string of the molecule is CCOC(=S)S.CCOC(=S)S.[K].[K]. The molecule has 0 aromatic heterocycles. The van der Waals surface area contributed by atoms with Crippen LogP contribution in [0.1, 0.15) is 13.8 Å². The van der Waals surface area contributed by atoms with E-state index in [0.717, 1.165) is 0 Å². The number of rotatable bonds is 2. The van der Waals surface area contributed by atoms with Crippen molar-refractivity contribution >= 4 is 161 Å². The Hall–Kier alpha value is 3.75. The molecule has 0 N–H and O–H groups in total. The van der Waals surface area contributed by atoms with Gasteiger partial charge in [-0.1, -0.05) is 25.3 Å². The number of ether oxygens (including phenoxy) is 2. The van der Waals surface area contributed by atoms with Crippen molar-refractivity contribution in [1.29, 1.82) is 0 Å². The second kappa shape index (κ2) is 22.0. The molecule has 0 rings (SSSR count). The van der Waals surface area contributed by atoms with Crippen LogP contribution in [-0.4, -0.2) is 125 Å². The molecule has 0 aliphatic carbocycles. The second-order valence-electron chi connectivity index (χ2n) is 1.40. The Bertz CT molecular complexity index is 130. The molecular weight excluding hydrogens is 311 g/mol. The van der Waals surface area contributed by atoms with E-state index >= 15 is 0 Å². The molecule has 0 amide bonds. The average molecular weight is 323 g/mol. The van der Waals surface area contributed by atoms with Crippen LogP contribution in [-0.2, 0) is 9.47 Å². The maximum absolute atomic E-state index is 4.64. The van der Waals surface area contributed by atoms with Crippen LogP contribution in [0.5, 0.6) is 0 Å². The van der Waals surface area contributed by atoms with Gasteiger partial charge in [0, 0.05) is 103 Å². The molecule has 0 bridgehead atoms. The summed E-state index contributed by atoms with van der Waals surface area (Å²) in [5.74, 6) is 0. The van der Waals surface area contributed by atoms with Crippen LogP contribution in [0.3, 0.4) is 0 Å². The molecule has 0 saturated heterocycles. The first-order valence-corrected chi connectivity index (χ1v) is 4.97. The fourth-order valence-corrected chi connectivity index (χ4v) is 0.741. The number of hydrogen-bond donors (Lipinski definition) is 2. The van der Waals surface area contributed by atoms with Gasteiger partial charge in [-0.15, -0.1) is 0 Å². The monoisotopic (exact) mass is 322 g/mol. The van der Waals surface area contributed by atoms with Crippen molar-refractivity contribution in [3.8, 4) is 0 Å². The smallest absolute Gasteiger partial charge is 0.216 e. The minimum absolute atomic E-state index is 0. The molecule has 0 saturated carbocycles. The zero-order chi connectivity index (χ0) is 9.98. The van der Waals surface area contributed by atoms with Crippen molar-refractivity contribution in [2.45, 2.75) is 13.8 Å². The van der Waals surface area contributed by atoms with E-state index in [1.165, 1.54) is 0 Å². The van der Waals surface area contributed by atoms with Crippen molar-refractivity contribution in [3.05, 3.63) is 0 Å². The summed E-state index contributed by atoms with van der Waals surface area (Å²) < 4.78 is 9.91. The predicted molar refractivity (Wildman–Crippen MR) is 77.9 cm³/mol. The normalized spacial score (nSPS) is 6.57. The van der Waals surface area contributed by atoms with Gasteiger partial charge in [0.25, 0.3) is 0 Å². The Morgan fingerprint density at radius 2 is 1.14 bits per heavy atom. The van der Waals surface area contributed by atoms with E-state index in [-0.39, 0.29) is 103 Å². The first kappa shape index (κ1) is 26.3. The summed E-state index contributed by atoms with van der Waals surface area (Å²) in [5, 5.41) is 0. The molecule has 0 aromatic carbocycles. The molecule has 0 unspecified atom stereocenters. The van der Waals surface area contributed by atoms with Crippen LogP contribution in [0, 0.1) is 0 Å². The summed E-state index contributed by atoms with van der Waals surface area (Å²) in [4.78, 5) is 0. The summed E-state index contributed by atoms with van der Waals surface area (Å²) in [6.07, 6.45) is 0. The van der Waals surface area contributed by atoms with Crippen molar-refractivity contribution < 1.29 is 9.47 Å². The van der Waals surface area contributed by atoms with Gasteiger partial charge in [-0.05, 0) is 38.3 Å². The van der Waals surface area contributed by atoms with Gasteiger partial charge in [0.05, 0.1) is 13.2 Å². The first-order chi connectivity index (χ1) is 5.54. The molecule has 0 fully saturated rings. The molecule has 2 radical (unpaired) electrons. The van der Waals surface area contributed by atoms with E-state index < -0.39 is 0 Å². The molecule has 0 aliphatic heterocycles. The molecule has 0 aliphatic rings. The summed E-state index contributed by atoms with van der Waals surface area (Å²) in [6.45, 7) is 4.95. The fraction of sp³-hybridized carbons (Fsp3) is 0.667. The van der Waals surface area contributed by atoms with E-state index in [9.17, 15) is 0 Å². The molecule has 74 valence electrons. The Labute approximate surface area is 193 Å². The summed E-state index contributed by atoms with van der Waals surface area (Å²) in [5.41, 5.74) is 0. The van der Waals surface area contributed by atoms with Gasteiger partial charge in [0.15, 0.2) is 0 Å². The second-order valence-corrected chi connectivity index (χ2v) is 3.56. The number of thiol groups is 2. The zero-order valence-electron chi connectivity index (χ0n) is 8.94. The van der Waals surface area contributed by atoms with Crippen molar-refractivity contribution in [2.75, 3.05) is 13.2 Å². The molecular formula is C6H12K2O2S4. The van der Waals surface area contributed by atoms with Crippen LogP contribution < -0.4 is 0 Å². The largest absolute Gasteiger partial charge is 0.479 e. The molecule has 8 heteroatoms. The maximum Gasteiger partial charge on any atom is 0.216 e. The Morgan fingerprint density at radius 3 is 1.14 bits per heavy atom. The summed E-state index contributed by atoms with van der Waals surface area (Å²) in [7, 11) is 0. The van der Waals surface area contributed by atoms with Gasteiger partial charge in [-0.25, -0.2) is 0 Å². The van der Waals surface area contributed by atoms with E-state index in [0.29, 0.717) is 22.0 Å². The molecule has 2 nitrogen and oxygen atoms in total. The molecule has 14 heavy (non-hydrogen) atoms. The van der Waals surface area contributed by atoms with Crippen LogP contribution in [0.4, 0.5) is 0 Å². The number of thiocarbonyl (C=S) groups is 2. The summed E-state index contributed by atoms with van der Waals surface area (Å²) in [6, 6.07) is 0. The van der Waals surface area contributed by atoms with Crippen molar-refractivity contribution in [2.24, 2.45) is 0 Å². The zero-order valence-corrected chi connectivity index (χ0v) is 18.6. The van der Waals surface area contributed by atoms with Gasteiger partial charge in [0.1, 0.15) is 0 Å². The average Bonchev–Trinajstić information content (AvgIpc) is 1.87. The van der Waals surface area contributed by atoms with Gasteiger partial charge in [-0.2, -0.15) is 0 Å². The minimum atomic E-state index is 0. The Balaban J connectivity index is -0.0000000625. The van der Waals surface area contributed by atoms with E-state index in [1.807, 2.05) is 13.8 Å². The number of hydrogen-bond acceptors (Lipinski definition) is 4. The third kappa shape index (κ3) is 36.0. The molecule has 0 atom stereocenters. The molecule has 0 heterocycles. The van der Waals surface area contributed by atoms with Crippen molar-refractivity contribution in [1.82, 2.24) is 0 Å². The molecule has 0 aromatic rings. The van der Waals surface area contributed by atoms with Crippen LogP contribution in [0.2, 0.25) is 0 Å². The van der Waals surface area contributed by atoms with E-state index in [4.69, 9.17) is 0 Å². The fourth-order valence-electron chi connectivity index (χ4n) is 0.247. The Kier molecular flexibility index (Phi) is 41.4. The minimum Gasteiger partial charge on any atom is -0.479 e. The van der Waals surface area contributed by atoms with Gasteiger partial charge in [-0.3, -0.25) is 0 Å². The van der Waals surface area contributed by atoms with Crippen LogP contribution >= 0.6 is 49.7 Å². The first-order valence-electron chi connectivity index (χ1n) is 3.26. The third-order valence-corrected chi connectivity index (χ3v) is 1.03. The quantitative estimate of drug-likeness (QED) is 0.458. The topological polar surface area (TPSA) is 18.5 Å². The van der Waals surface area contributed by atoms with E-state index in [2.05, 4.69) is 59.2 Å². The van der Waals surface area contributed by atoms with Gasteiger partial charge < -0.3 is 9.47 Å². The van der Waals surface area contributed by atoms with E-state index in [1.54, 1.807) is 0 Å².